The number of amides is 2. The van der Waals surface area contributed by atoms with E-state index in [1.165, 1.54) is 11.3 Å². The largest absolute Gasteiger partial charge is 0.302 e. The van der Waals surface area contributed by atoms with Crippen molar-refractivity contribution in [3.8, 4) is 0 Å². The standard InChI is InChI=1S/C21H20N4O2S3/c1-2-28-21-24-23-20(30-21)22-18(26)13-25-15-10-6-7-11-16(15)29-17(12-19(25)27)14-8-4-3-5-9-14/h3-11,17H,2,12-13H2,1H3,(H,22,23,26). The van der Waals surface area contributed by atoms with E-state index in [9.17, 15) is 9.59 Å². The summed E-state index contributed by atoms with van der Waals surface area (Å²) in [6, 6.07) is 17.7. The smallest absolute Gasteiger partial charge is 0.246 e. The highest BCUT2D eigenvalue weighted by atomic mass is 32.2. The van der Waals surface area contributed by atoms with Crippen LogP contribution in [0, 0.1) is 0 Å². The quantitative estimate of drug-likeness (QED) is 0.422. The second-order valence-corrected chi connectivity index (χ2v) is 10.3. The second-order valence-electron chi connectivity index (χ2n) is 6.52. The predicted octanol–water partition coefficient (Wildman–Crippen LogP) is 4.86. The zero-order valence-electron chi connectivity index (χ0n) is 16.3. The van der Waals surface area contributed by atoms with Gasteiger partial charge in [-0.3, -0.25) is 14.9 Å². The lowest BCUT2D eigenvalue weighted by Gasteiger charge is -2.21. The van der Waals surface area contributed by atoms with E-state index in [4.69, 9.17) is 0 Å². The molecule has 30 heavy (non-hydrogen) atoms. The van der Waals surface area contributed by atoms with Crippen molar-refractivity contribution in [3.05, 3.63) is 60.2 Å². The Labute approximate surface area is 187 Å². The first-order chi connectivity index (χ1) is 14.6. The molecule has 1 aliphatic rings. The van der Waals surface area contributed by atoms with Gasteiger partial charge in [0.25, 0.3) is 0 Å². The molecular formula is C21H20N4O2S3. The summed E-state index contributed by atoms with van der Waals surface area (Å²) in [4.78, 5) is 28.4. The summed E-state index contributed by atoms with van der Waals surface area (Å²) in [5.74, 6) is 0.531. The summed E-state index contributed by atoms with van der Waals surface area (Å²) < 4.78 is 0.811. The molecule has 4 rings (SSSR count). The molecule has 1 unspecified atom stereocenters. The SMILES string of the molecule is CCSc1nnc(NC(=O)CN2C(=O)CC(c3ccccc3)Sc3ccccc32)s1. The third kappa shape index (κ3) is 4.85. The minimum absolute atomic E-state index is 0.00435. The van der Waals surface area contributed by atoms with E-state index in [0.29, 0.717) is 11.6 Å². The lowest BCUT2D eigenvalue weighted by atomic mass is 10.1. The fraction of sp³-hybridized carbons (Fsp3) is 0.238. The van der Waals surface area contributed by atoms with E-state index >= 15 is 0 Å². The van der Waals surface area contributed by atoms with Crippen molar-refractivity contribution in [1.29, 1.82) is 0 Å². The molecular weight excluding hydrogens is 436 g/mol. The molecule has 2 amide bonds. The average molecular weight is 457 g/mol. The Morgan fingerprint density at radius 3 is 2.73 bits per heavy atom. The molecule has 0 aliphatic carbocycles. The third-order valence-corrected chi connectivity index (χ3v) is 7.66. The Hall–Kier alpha value is -2.36. The van der Waals surface area contributed by atoms with Crippen LogP contribution in [0.5, 0.6) is 0 Å². The van der Waals surface area contributed by atoms with Crippen molar-refractivity contribution in [2.75, 3.05) is 22.5 Å². The maximum atomic E-state index is 13.1. The Balaban J connectivity index is 1.53. The highest BCUT2D eigenvalue weighted by molar-refractivity contribution is 8.01. The highest BCUT2D eigenvalue weighted by Gasteiger charge is 2.30. The number of hydrogen-bond acceptors (Lipinski definition) is 7. The molecule has 1 aromatic heterocycles. The van der Waals surface area contributed by atoms with Gasteiger partial charge >= 0.3 is 0 Å². The summed E-state index contributed by atoms with van der Waals surface area (Å²) in [6.45, 7) is 1.97. The molecule has 0 radical (unpaired) electrons. The van der Waals surface area contributed by atoms with Crippen LogP contribution in [0.15, 0.2) is 63.8 Å². The summed E-state index contributed by atoms with van der Waals surface area (Å²) in [7, 11) is 0. The second kappa shape index (κ2) is 9.63. The monoisotopic (exact) mass is 456 g/mol. The van der Waals surface area contributed by atoms with E-state index in [2.05, 4.69) is 15.5 Å². The number of nitrogens with zero attached hydrogens (tertiary/aromatic N) is 3. The van der Waals surface area contributed by atoms with Crippen LogP contribution in [0.4, 0.5) is 10.8 Å². The van der Waals surface area contributed by atoms with Gasteiger partial charge in [0, 0.05) is 16.6 Å². The van der Waals surface area contributed by atoms with Crippen molar-refractivity contribution in [3.63, 3.8) is 0 Å². The maximum Gasteiger partial charge on any atom is 0.246 e. The number of nitrogens with one attached hydrogen (secondary N) is 1. The normalized spacial score (nSPS) is 16.1. The summed E-state index contributed by atoms with van der Waals surface area (Å²) in [5, 5.41) is 11.3. The molecule has 1 N–H and O–H groups in total. The molecule has 1 atom stereocenters. The van der Waals surface area contributed by atoms with Crippen LogP contribution in [0.2, 0.25) is 0 Å². The molecule has 0 saturated heterocycles. The molecule has 6 nitrogen and oxygen atoms in total. The zero-order chi connectivity index (χ0) is 20.9. The third-order valence-electron chi connectivity index (χ3n) is 4.48. The van der Waals surface area contributed by atoms with E-state index < -0.39 is 0 Å². The van der Waals surface area contributed by atoms with E-state index in [0.717, 1.165) is 26.2 Å². The molecule has 0 bridgehead atoms. The molecule has 9 heteroatoms. The molecule has 0 spiro atoms. The Bertz CT molecular complexity index is 1040. The van der Waals surface area contributed by atoms with Crippen LogP contribution in [-0.2, 0) is 9.59 Å². The van der Waals surface area contributed by atoms with Gasteiger partial charge in [-0.2, -0.15) is 0 Å². The molecule has 154 valence electrons. The Kier molecular flexibility index (Phi) is 6.71. The zero-order valence-corrected chi connectivity index (χ0v) is 18.7. The molecule has 0 saturated carbocycles. The van der Waals surface area contributed by atoms with Crippen molar-refractivity contribution in [2.24, 2.45) is 0 Å². The number of thioether (sulfide) groups is 2. The van der Waals surface area contributed by atoms with Crippen molar-refractivity contribution in [2.45, 2.75) is 27.8 Å². The van der Waals surface area contributed by atoms with Gasteiger partial charge in [-0.15, -0.1) is 22.0 Å². The lowest BCUT2D eigenvalue weighted by Crippen LogP contribution is -2.38. The Morgan fingerprint density at radius 1 is 1.17 bits per heavy atom. The molecule has 3 aromatic rings. The number of rotatable bonds is 6. The van der Waals surface area contributed by atoms with Gasteiger partial charge in [0.05, 0.1) is 5.69 Å². The molecule has 0 fully saturated rings. The van der Waals surface area contributed by atoms with E-state index in [1.807, 2.05) is 61.5 Å². The maximum absolute atomic E-state index is 13.1. The topological polar surface area (TPSA) is 75.2 Å². The van der Waals surface area contributed by atoms with Gasteiger partial charge in [0.1, 0.15) is 6.54 Å². The highest BCUT2D eigenvalue weighted by Crippen LogP contribution is 2.45. The first kappa shape index (κ1) is 20.9. The summed E-state index contributed by atoms with van der Waals surface area (Å²) in [6.07, 6.45) is 0.326. The van der Waals surface area contributed by atoms with E-state index in [1.54, 1.807) is 28.4 Å². The van der Waals surface area contributed by atoms with Gasteiger partial charge in [0.2, 0.25) is 16.9 Å². The number of benzene rings is 2. The lowest BCUT2D eigenvalue weighted by molar-refractivity contribution is -0.121. The number of fused-ring (bicyclic) bond motifs is 1. The molecule has 1 aliphatic heterocycles. The molecule has 2 aromatic carbocycles. The molecule has 2 heterocycles. The average Bonchev–Trinajstić information content (AvgIpc) is 3.14. The minimum atomic E-state index is -0.287. The number of aromatic nitrogens is 2. The fourth-order valence-electron chi connectivity index (χ4n) is 3.15. The van der Waals surface area contributed by atoms with Gasteiger partial charge in [-0.1, -0.05) is 72.5 Å². The van der Waals surface area contributed by atoms with Crippen LogP contribution in [0.1, 0.15) is 24.2 Å². The van der Waals surface area contributed by atoms with Crippen molar-refractivity contribution in [1.82, 2.24) is 10.2 Å². The minimum Gasteiger partial charge on any atom is -0.302 e. The van der Waals surface area contributed by atoms with Crippen LogP contribution in [0.3, 0.4) is 0 Å². The van der Waals surface area contributed by atoms with Crippen LogP contribution in [0.25, 0.3) is 0 Å². The van der Waals surface area contributed by atoms with Gasteiger partial charge in [0.15, 0.2) is 4.34 Å². The van der Waals surface area contributed by atoms with Crippen molar-refractivity contribution >= 4 is 57.5 Å². The van der Waals surface area contributed by atoms with Gasteiger partial charge in [-0.05, 0) is 23.4 Å². The van der Waals surface area contributed by atoms with Crippen LogP contribution in [-0.4, -0.2) is 34.3 Å². The summed E-state index contributed by atoms with van der Waals surface area (Å²) >= 11 is 4.58. The van der Waals surface area contributed by atoms with E-state index in [-0.39, 0.29) is 23.6 Å². The number of para-hydroxylation sites is 1. The predicted molar refractivity (Wildman–Crippen MR) is 123 cm³/mol. The van der Waals surface area contributed by atoms with Gasteiger partial charge < -0.3 is 4.90 Å². The number of carbonyl (C=O) groups excluding carboxylic acids is 2. The van der Waals surface area contributed by atoms with Crippen LogP contribution < -0.4 is 10.2 Å². The van der Waals surface area contributed by atoms with Gasteiger partial charge in [-0.25, -0.2) is 0 Å². The fourth-order valence-corrected chi connectivity index (χ4v) is 6.10. The summed E-state index contributed by atoms with van der Waals surface area (Å²) in [5.41, 5.74) is 1.87. The Morgan fingerprint density at radius 2 is 1.93 bits per heavy atom. The van der Waals surface area contributed by atoms with Crippen molar-refractivity contribution < 1.29 is 9.59 Å². The van der Waals surface area contributed by atoms with Crippen LogP contribution >= 0.6 is 34.9 Å². The number of hydrogen-bond donors (Lipinski definition) is 1. The number of anilines is 2. The first-order valence-electron chi connectivity index (χ1n) is 9.51. The number of carbonyl (C=O) groups is 2. The first-order valence-corrected chi connectivity index (χ1v) is 12.2.